The third kappa shape index (κ3) is 4.26. The highest BCUT2D eigenvalue weighted by Gasteiger charge is 2.22. The molecule has 2 aromatic heterocycles. The van der Waals surface area contributed by atoms with Crippen LogP contribution >= 0.6 is 23.1 Å². The average Bonchev–Trinajstić information content (AvgIpc) is 3.10. The average molecular weight is 424 g/mol. The highest BCUT2D eigenvalue weighted by molar-refractivity contribution is 7.98. The van der Waals surface area contributed by atoms with E-state index >= 15 is 0 Å². The second-order valence-corrected chi connectivity index (χ2v) is 10.0. The van der Waals surface area contributed by atoms with Crippen molar-refractivity contribution in [1.82, 2.24) is 9.55 Å². The minimum atomic E-state index is 0.136. The Hall–Kier alpha value is -2.10. The lowest BCUT2D eigenvalue weighted by molar-refractivity contribution is 0.481. The van der Waals surface area contributed by atoms with Gasteiger partial charge in [0, 0.05) is 17.2 Å². The second kappa shape index (κ2) is 8.73. The van der Waals surface area contributed by atoms with Gasteiger partial charge in [0.25, 0.3) is 5.56 Å². The zero-order valence-electron chi connectivity index (χ0n) is 16.9. The number of thiophene rings is 1. The molecule has 0 radical (unpaired) electrons. The number of benzene rings is 1. The Labute approximate surface area is 179 Å². The van der Waals surface area contributed by atoms with Crippen LogP contribution in [0.5, 0.6) is 0 Å². The van der Waals surface area contributed by atoms with Crippen molar-refractivity contribution in [1.29, 1.82) is 5.26 Å². The Balaban J connectivity index is 1.71. The third-order valence-corrected chi connectivity index (χ3v) is 7.65. The van der Waals surface area contributed by atoms with Crippen LogP contribution in [-0.4, -0.2) is 9.55 Å². The fourth-order valence-corrected chi connectivity index (χ4v) is 6.02. The zero-order valence-corrected chi connectivity index (χ0v) is 18.5. The van der Waals surface area contributed by atoms with Gasteiger partial charge in [0.1, 0.15) is 4.83 Å². The summed E-state index contributed by atoms with van der Waals surface area (Å²) in [5, 5.41) is 10.7. The van der Waals surface area contributed by atoms with Crippen molar-refractivity contribution >= 4 is 33.3 Å². The standard InChI is InChI=1S/C23H25N3OS2/c1-15(2)11-12-26-22(27)20-18-5-3-4-6-19(18)29-21(20)25-23(26)28-14-17-9-7-16(13-24)8-10-17/h7-10,15H,3-6,11-12,14H2,1-2H3. The molecule has 1 aromatic carbocycles. The number of aryl methyl sites for hydroxylation is 2. The highest BCUT2D eigenvalue weighted by Crippen LogP contribution is 2.35. The van der Waals surface area contributed by atoms with E-state index in [-0.39, 0.29) is 5.56 Å². The lowest BCUT2D eigenvalue weighted by Crippen LogP contribution is -2.24. The molecule has 29 heavy (non-hydrogen) atoms. The molecule has 0 atom stereocenters. The number of nitrogens with zero attached hydrogens (tertiary/aromatic N) is 3. The van der Waals surface area contributed by atoms with Gasteiger partial charge in [-0.3, -0.25) is 9.36 Å². The molecular formula is C23H25N3OS2. The molecule has 3 aromatic rings. The summed E-state index contributed by atoms with van der Waals surface area (Å²) in [7, 11) is 0. The van der Waals surface area contributed by atoms with Gasteiger partial charge in [-0.25, -0.2) is 4.98 Å². The van der Waals surface area contributed by atoms with Crippen molar-refractivity contribution < 1.29 is 0 Å². The van der Waals surface area contributed by atoms with Gasteiger partial charge in [0.15, 0.2) is 5.16 Å². The fraction of sp³-hybridized carbons (Fsp3) is 0.435. The fourth-order valence-electron chi connectivity index (χ4n) is 3.74. The van der Waals surface area contributed by atoms with Crippen LogP contribution in [0.2, 0.25) is 0 Å². The third-order valence-electron chi connectivity index (χ3n) is 5.42. The zero-order chi connectivity index (χ0) is 20.4. The van der Waals surface area contributed by atoms with Crippen molar-refractivity contribution in [2.75, 3.05) is 0 Å². The van der Waals surface area contributed by atoms with E-state index in [4.69, 9.17) is 10.2 Å². The Morgan fingerprint density at radius 3 is 2.72 bits per heavy atom. The van der Waals surface area contributed by atoms with Crippen molar-refractivity contribution in [3.63, 3.8) is 0 Å². The van der Waals surface area contributed by atoms with E-state index in [2.05, 4.69) is 19.9 Å². The number of rotatable bonds is 6. The molecular weight excluding hydrogens is 398 g/mol. The summed E-state index contributed by atoms with van der Waals surface area (Å²) in [5.41, 5.74) is 3.19. The topological polar surface area (TPSA) is 58.7 Å². The first kappa shape index (κ1) is 20.2. The number of nitriles is 1. The van der Waals surface area contributed by atoms with Crippen LogP contribution in [0.1, 0.15) is 54.7 Å². The van der Waals surface area contributed by atoms with Gasteiger partial charge < -0.3 is 0 Å². The van der Waals surface area contributed by atoms with Gasteiger partial charge in [0.05, 0.1) is 17.0 Å². The van der Waals surface area contributed by atoms with E-state index in [9.17, 15) is 4.79 Å². The van der Waals surface area contributed by atoms with E-state index in [1.165, 1.54) is 23.3 Å². The van der Waals surface area contributed by atoms with Crippen LogP contribution in [0.25, 0.3) is 10.2 Å². The molecule has 0 amide bonds. The maximum absolute atomic E-state index is 13.5. The van der Waals surface area contributed by atoms with Gasteiger partial charge in [-0.15, -0.1) is 11.3 Å². The molecule has 0 N–H and O–H groups in total. The van der Waals surface area contributed by atoms with E-state index in [0.717, 1.165) is 46.0 Å². The lowest BCUT2D eigenvalue weighted by atomic mass is 9.97. The molecule has 0 saturated carbocycles. The molecule has 0 spiro atoms. The molecule has 0 saturated heterocycles. The number of aromatic nitrogens is 2. The summed E-state index contributed by atoms with van der Waals surface area (Å²) in [6.45, 7) is 5.08. The molecule has 2 heterocycles. The van der Waals surface area contributed by atoms with Crippen LogP contribution in [0, 0.1) is 17.2 Å². The number of thioether (sulfide) groups is 1. The summed E-state index contributed by atoms with van der Waals surface area (Å²) in [5.74, 6) is 1.27. The second-order valence-electron chi connectivity index (χ2n) is 8.02. The van der Waals surface area contributed by atoms with Gasteiger partial charge in [0.2, 0.25) is 0 Å². The van der Waals surface area contributed by atoms with Crippen LogP contribution in [0.4, 0.5) is 0 Å². The summed E-state index contributed by atoms with van der Waals surface area (Å²) in [4.78, 5) is 20.7. The van der Waals surface area contributed by atoms with Crippen LogP contribution in [-0.2, 0) is 25.1 Å². The molecule has 4 nitrogen and oxygen atoms in total. The van der Waals surface area contributed by atoms with E-state index in [0.29, 0.717) is 18.0 Å². The molecule has 0 bridgehead atoms. The summed E-state index contributed by atoms with van der Waals surface area (Å²) in [6, 6.07) is 9.78. The minimum absolute atomic E-state index is 0.136. The van der Waals surface area contributed by atoms with Crippen LogP contribution in [0.15, 0.2) is 34.2 Å². The number of hydrogen-bond acceptors (Lipinski definition) is 5. The molecule has 1 aliphatic rings. The maximum atomic E-state index is 13.5. The van der Waals surface area contributed by atoms with Crippen molar-refractivity contribution in [3.05, 3.63) is 56.2 Å². The van der Waals surface area contributed by atoms with Crippen molar-refractivity contribution in [2.45, 2.75) is 63.4 Å². The molecule has 4 rings (SSSR count). The quantitative estimate of drug-likeness (QED) is 0.385. The summed E-state index contributed by atoms with van der Waals surface area (Å²) in [6.07, 6.45) is 5.43. The number of fused-ring (bicyclic) bond motifs is 3. The maximum Gasteiger partial charge on any atom is 0.263 e. The van der Waals surface area contributed by atoms with E-state index < -0.39 is 0 Å². The smallest absolute Gasteiger partial charge is 0.263 e. The first-order valence-electron chi connectivity index (χ1n) is 10.2. The highest BCUT2D eigenvalue weighted by atomic mass is 32.2. The van der Waals surface area contributed by atoms with Gasteiger partial charge in [-0.1, -0.05) is 37.7 Å². The summed E-state index contributed by atoms with van der Waals surface area (Å²) < 4.78 is 1.90. The van der Waals surface area contributed by atoms with Crippen molar-refractivity contribution in [2.24, 2.45) is 5.92 Å². The SMILES string of the molecule is CC(C)CCn1c(SCc2ccc(C#N)cc2)nc2sc3c(c2c1=O)CCCC3. The Bertz CT molecular complexity index is 1120. The Morgan fingerprint density at radius 2 is 2.00 bits per heavy atom. The predicted octanol–water partition coefficient (Wildman–Crippen LogP) is 5.55. The Morgan fingerprint density at radius 1 is 1.24 bits per heavy atom. The first-order chi connectivity index (χ1) is 14.1. The number of hydrogen-bond donors (Lipinski definition) is 0. The van der Waals surface area contributed by atoms with Crippen LogP contribution in [0.3, 0.4) is 0 Å². The monoisotopic (exact) mass is 423 g/mol. The molecule has 1 aliphatic carbocycles. The molecule has 0 fully saturated rings. The van der Waals surface area contributed by atoms with E-state index in [1.54, 1.807) is 23.1 Å². The van der Waals surface area contributed by atoms with Crippen molar-refractivity contribution in [3.8, 4) is 6.07 Å². The first-order valence-corrected chi connectivity index (χ1v) is 12.0. The molecule has 6 heteroatoms. The minimum Gasteiger partial charge on any atom is -0.287 e. The van der Waals surface area contributed by atoms with Gasteiger partial charge in [-0.2, -0.15) is 5.26 Å². The molecule has 0 aliphatic heterocycles. The molecule has 0 unspecified atom stereocenters. The Kier molecular flexibility index (Phi) is 6.07. The normalized spacial score (nSPS) is 13.6. The van der Waals surface area contributed by atoms with Gasteiger partial charge >= 0.3 is 0 Å². The van der Waals surface area contributed by atoms with E-state index in [1.807, 2.05) is 28.8 Å². The summed E-state index contributed by atoms with van der Waals surface area (Å²) >= 11 is 3.33. The largest absolute Gasteiger partial charge is 0.287 e. The van der Waals surface area contributed by atoms with Crippen LogP contribution < -0.4 is 5.56 Å². The van der Waals surface area contributed by atoms with Gasteiger partial charge in [-0.05, 0) is 61.3 Å². The predicted molar refractivity (Wildman–Crippen MR) is 121 cm³/mol. The lowest BCUT2D eigenvalue weighted by Gasteiger charge is -2.14. The molecule has 150 valence electrons.